The summed E-state index contributed by atoms with van der Waals surface area (Å²) in [5.41, 5.74) is 1.10. The Morgan fingerprint density at radius 2 is 1.72 bits per heavy atom. The fourth-order valence-corrected chi connectivity index (χ4v) is 2.52. The molecule has 1 rings (SSSR count). The quantitative estimate of drug-likeness (QED) is 0.876. The van der Waals surface area contributed by atoms with Crippen LogP contribution in [-0.4, -0.2) is 26.0 Å². The first-order chi connectivity index (χ1) is 8.33. The third-order valence-corrected chi connectivity index (χ3v) is 5.39. The van der Waals surface area contributed by atoms with Crippen LogP contribution in [0.1, 0.15) is 32.4 Å². The molecule has 0 aliphatic rings. The summed E-state index contributed by atoms with van der Waals surface area (Å²) in [6.07, 6.45) is 0. The van der Waals surface area contributed by atoms with Crippen LogP contribution in [0.4, 0.5) is 0 Å². The molecule has 3 nitrogen and oxygen atoms in total. The summed E-state index contributed by atoms with van der Waals surface area (Å²) >= 11 is 5.82. The van der Waals surface area contributed by atoms with E-state index in [0.717, 1.165) is 5.56 Å². The Bertz CT molecular complexity index is 468. The number of nitrogens with one attached hydrogen (secondary N) is 1. The molecule has 0 aliphatic heterocycles. The van der Waals surface area contributed by atoms with Gasteiger partial charge >= 0.3 is 0 Å². The van der Waals surface area contributed by atoms with Crippen LogP contribution >= 0.6 is 11.6 Å². The predicted molar refractivity (Wildman–Crippen MR) is 76.8 cm³/mol. The molecule has 0 saturated heterocycles. The molecule has 0 aromatic heterocycles. The molecular weight excluding hydrogens is 270 g/mol. The Labute approximate surface area is 114 Å². The minimum Gasteiger partial charge on any atom is -0.309 e. The van der Waals surface area contributed by atoms with Crippen LogP contribution < -0.4 is 5.32 Å². The van der Waals surface area contributed by atoms with E-state index >= 15 is 0 Å². The van der Waals surface area contributed by atoms with Crippen LogP contribution in [0.5, 0.6) is 0 Å². The van der Waals surface area contributed by atoms with E-state index < -0.39 is 9.84 Å². The van der Waals surface area contributed by atoms with Gasteiger partial charge in [-0.15, -0.1) is 0 Å². The van der Waals surface area contributed by atoms with Gasteiger partial charge in [0.1, 0.15) is 0 Å². The van der Waals surface area contributed by atoms with Gasteiger partial charge in [-0.25, -0.2) is 8.42 Å². The van der Waals surface area contributed by atoms with E-state index in [9.17, 15) is 8.42 Å². The van der Waals surface area contributed by atoms with E-state index in [2.05, 4.69) is 5.32 Å². The van der Waals surface area contributed by atoms with E-state index in [0.29, 0.717) is 11.6 Å². The first-order valence-corrected chi connectivity index (χ1v) is 8.12. The second-order valence-corrected chi connectivity index (χ2v) is 7.76. The second-order valence-electron chi connectivity index (χ2n) is 4.64. The van der Waals surface area contributed by atoms with Crippen LogP contribution in [0.15, 0.2) is 24.3 Å². The molecule has 102 valence electrons. The maximum absolute atomic E-state index is 11.6. The molecule has 0 heterocycles. The van der Waals surface area contributed by atoms with Crippen molar-refractivity contribution in [1.82, 2.24) is 5.32 Å². The lowest BCUT2D eigenvalue weighted by molar-refractivity contribution is 0.566. The lowest BCUT2D eigenvalue weighted by Crippen LogP contribution is -2.28. The minimum atomic E-state index is -2.97. The van der Waals surface area contributed by atoms with Crippen molar-refractivity contribution in [2.75, 3.05) is 12.3 Å². The summed E-state index contributed by atoms with van der Waals surface area (Å²) in [6, 6.07) is 7.66. The minimum absolute atomic E-state index is 0.115. The van der Waals surface area contributed by atoms with Gasteiger partial charge in [0.2, 0.25) is 0 Å². The summed E-state index contributed by atoms with van der Waals surface area (Å²) in [6.45, 7) is 5.88. The average Bonchev–Trinajstić information content (AvgIpc) is 2.29. The van der Waals surface area contributed by atoms with E-state index in [1.54, 1.807) is 13.8 Å². The Balaban J connectivity index is 2.47. The van der Waals surface area contributed by atoms with Crippen molar-refractivity contribution in [3.63, 3.8) is 0 Å². The van der Waals surface area contributed by atoms with Crippen LogP contribution in [0.3, 0.4) is 0 Å². The Kier molecular flexibility index (Phi) is 5.63. The first kappa shape index (κ1) is 15.5. The smallest absolute Gasteiger partial charge is 0.153 e. The van der Waals surface area contributed by atoms with Crippen LogP contribution in [-0.2, 0) is 9.84 Å². The van der Waals surface area contributed by atoms with E-state index in [1.165, 1.54) is 0 Å². The molecule has 5 heteroatoms. The zero-order valence-corrected chi connectivity index (χ0v) is 12.6. The number of sulfone groups is 1. The summed E-state index contributed by atoms with van der Waals surface area (Å²) < 4.78 is 23.3. The highest BCUT2D eigenvalue weighted by Crippen LogP contribution is 2.15. The van der Waals surface area contributed by atoms with Gasteiger partial charge in [-0.3, -0.25) is 0 Å². The van der Waals surface area contributed by atoms with E-state index in [1.807, 2.05) is 31.2 Å². The highest BCUT2D eigenvalue weighted by atomic mass is 35.5. The fourth-order valence-electron chi connectivity index (χ4n) is 1.52. The standard InChI is InChI=1S/C13H20ClNO2S/c1-10(2)18(16,17)9-8-15-11(3)12-4-6-13(14)7-5-12/h4-7,10-11,15H,8-9H2,1-3H3/t11-/m1/s1. The summed E-state index contributed by atoms with van der Waals surface area (Å²) in [7, 11) is -2.97. The first-order valence-electron chi connectivity index (χ1n) is 6.03. The van der Waals surface area contributed by atoms with Crippen molar-refractivity contribution in [1.29, 1.82) is 0 Å². The van der Waals surface area contributed by atoms with Gasteiger partial charge in [0.15, 0.2) is 9.84 Å². The zero-order valence-electron chi connectivity index (χ0n) is 11.0. The Hall–Kier alpha value is -0.580. The number of rotatable bonds is 6. The maximum Gasteiger partial charge on any atom is 0.153 e. The summed E-state index contributed by atoms with van der Waals surface area (Å²) in [5, 5.41) is 3.59. The molecule has 0 spiro atoms. The number of hydrogen-bond acceptors (Lipinski definition) is 3. The predicted octanol–water partition coefficient (Wildman–Crippen LogP) is 2.81. The number of benzene rings is 1. The zero-order chi connectivity index (χ0) is 13.8. The van der Waals surface area contributed by atoms with Gasteiger partial charge in [0, 0.05) is 17.6 Å². The van der Waals surface area contributed by atoms with Gasteiger partial charge in [0.05, 0.1) is 11.0 Å². The van der Waals surface area contributed by atoms with Gasteiger partial charge in [0.25, 0.3) is 0 Å². The highest BCUT2D eigenvalue weighted by Gasteiger charge is 2.15. The van der Waals surface area contributed by atoms with Gasteiger partial charge in [-0.1, -0.05) is 23.7 Å². The molecule has 0 saturated carbocycles. The van der Waals surface area contributed by atoms with Crippen molar-refractivity contribution in [3.8, 4) is 0 Å². The maximum atomic E-state index is 11.6. The molecule has 0 aliphatic carbocycles. The molecular formula is C13H20ClNO2S. The number of hydrogen-bond donors (Lipinski definition) is 1. The lowest BCUT2D eigenvalue weighted by Gasteiger charge is -2.15. The van der Waals surface area contributed by atoms with Crippen molar-refractivity contribution in [2.45, 2.75) is 32.1 Å². The topological polar surface area (TPSA) is 46.2 Å². The fraction of sp³-hybridized carbons (Fsp3) is 0.538. The molecule has 0 radical (unpaired) electrons. The lowest BCUT2D eigenvalue weighted by atomic mass is 10.1. The monoisotopic (exact) mass is 289 g/mol. The molecule has 1 aromatic rings. The normalized spacial score (nSPS) is 13.8. The largest absolute Gasteiger partial charge is 0.309 e. The molecule has 0 unspecified atom stereocenters. The van der Waals surface area contributed by atoms with Gasteiger partial charge in [-0.05, 0) is 38.5 Å². The van der Waals surface area contributed by atoms with Crippen molar-refractivity contribution in [2.24, 2.45) is 0 Å². The SMILES string of the molecule is CC(C)S(=O)(=O)CCN[C@H](C)c1ccc(Cl)cc1. The second kappa shape index (κ2) is 6.55. The Morgan fingerprint density at radius 1 is 1.17 bits per heavy atom. The van der Waals surface area contributed by atoms with Gasteiger partial charge in [-0.2, -0.15) is 0 Å². The third kappa shape index (κ3) is 4.59. The van der Waals surface area contributed by atoms with Crippen LogP contribution in [0.25, 0.3) is 0 Å². The molecule has 18 heavy (non-hydrogen) atoms. The molecule has 0 bridgehead atoms. The van der Waals surface area contributed by atoms with Crippen molar-refractivity contribution >= 4 is 21.4 Å². The van der Waals surface area contributed by atoms with Crippen LogP contribution in [0.2, 0.25) is 5.02 Å². The van der Waals surface area contributed by atoms with E-state index in [-0.39, 0.29) is 17.0 Å². The highest BCUT2D eigenvalue weighted by molar-refractivity contribution is 7.92. The van der Waals surface area contributed by atoms with Crippen LogP contribution in [0, 0.1) is 0 Å². The van der Waals surface area contributed by atoms with Gasteiger partial charge < -0.3 is 5.32 Å². The summed E-state index contributed by atoms with van der Waals surface area (Å²) in [4.78, 5) is 0. The molecule has 1 aromatic carbocycles. The molecule has 1 atom stereocenters. The Morgan fingerprint density at radius 3 is 2.22 bits per heavy atom. The molecule has 1 N–H and O–H groups in total. The van der Waals surface area contributed by atoms with Crippen molar-refractivity contribution in [3.05, 3.63) is 34.9 Å². The average molecular weight is 290 g/mol. The van der Waals surface area contributed by atoms with E-state index in [4.69, 9.17) is 11.6 Å². The number of halogens is 1. The molecule has 0 amide bonds. The van der Waals surface area contributed by atoms with Crippen molar-refractivity contribution < 1.29 is 8.42 Å². The third-order valence-electron chi connectivity index (χ3n) is 2.93. The molecule has 0 fully saturated rings. The summed E-state index contributed by atoms with van der Waals surface area (Å²) in [5.74, 6) is 0.169.